The lowest BCUT2D eigenvalue weighted by Gasteiger charge is -2.05. The van der Waals surface area contributed by atoms with E-state index in [4.69, 9.17) is 5.11 Å². The third-order valence-corrected chi connectivity index (χ3v) is 1.86. The van der Waals surface area contributed by atoms with Crippen molar-refractivity contribution in [1.82, 2.24) is 4.98 Å². The van der Waals surface area contributed by atoms with Gasteiger partial charge in [0.05, 0.1) is 0 Å². The summed E-state index contributed by atoms with van der Waals surface area (Å²) < 4.78 is 0. The zero-order valence-corrected chi connectivity index (χ0v) is 7.51. The Morgan fingerprint density at radius 1 is 1.50 bits per heavy atom. The van der Waals surface area contributed by atoms with Crippen molar-refractivity contribution in [2.75, 3.05) is 0 Å². The summed E-state index contributed by atoms with van der Waals surface area (Å²) in [4.78, 5) is 13.6. The first-order valence-electron chi connectivity index (χ1n) is 3.95. The Hall–Kier alpha value is -1.25. The second kappa shape index (κ2) is 3.01. The predicted octanol–water partition coefficient (Wildman–Crippen LogP) is 1.51. The van der Waals surface area contributed by atoms with E-state index in [-0.39, 0.29) is 17.4 Å². The number of aromatic amines is 1. The SMILES string of the molecule is Cc1cc(C(C)C)c(=O)[nH]c1O. The van der Waals surface area contributed by atoms with Gasteiger partial charge in [0.2, 0.25) is 0 Å². The minimum atomic E-state index is -0.201. The van der Waals surface area contributed by atoms with Crippen LogP contribution in [-0.4, -0.2) is 10.1 Å². The van der Waals surface area contributed by atoms with Gasteiger partial charge in [0.25, 0.3) is 5.56 Å². The van der Waals surface area contributed by atoms with Crippen molar-refractivity contribution in [1.29, 1.82) is 0 Å². The summed E-state index contributed by atoms with van der Waals surface area (Å²) in [5, 5.41) is 9.15. The quantitative estimate of drug-likeness (QED) is 0.666. The topological polar surface area (TPSA) is 53.1 Å². The van der Waals surface area contributed by atoms with E-state index in [9.17, 15) is 4.79 Å². The van der Waals surface area contributed by atoms with Gasteiger partial charge in [0, 0.05) is 11.1 Å². The lowest BCUT2D eigenvalue weighted by Crippen LogP contribution is -2.13. The molecule has 2 N–H and O–H groups in total. The van der Waals surface area contributed by atoms with Crippen molar-refractivity contribution < 1.29 is 5.11 Å². The molecule has 1 heterocycles. The van der Waals surface area contributed by atoms with Crippen LogP contribution in [0.2, 0.25) is 0 Å². The summed E-state index contributed by atoms with van der Waals surface area (Å²) in [6.45, 7) is 5.65. The normalized spacial score (nSPS) is 10.7. The first-order chi connectivity index (χ1) is 5.52. The molecule has 0 spiro atoms. The third kappa shape index (κ3) is 1.49. The molecule has 66 valence electrons. The molecule has 0 saturated carbocycles. The molecule has 3 nitrogen and oxygen atoms in total. The Bertz CT molecular complexity index is 339. The number of H-pyrrole nitrogens is 1. The van der Waals surface area contributed by atoms with E-state index in [1.807, 2.05) is 13.8 Å². The fourth-order valence-corrected chi connectivity index (χ4v) is 1.07. The van der Waals surface area contributed by atoms with Crippen LogP contribution in [0.25, 0.3) is 0 Å². The van der Waals surface area contributed by atoms with Crippen molar-refractivity contribution >= 4 is 0 Å². The van der Waals surface area contributed by atoms with Crippen molar-refractivity contribution in [2.24, 2.45) is 0 Å². The van der Waals surface area contributed by atoms with Gasteiger partial charge in [-0.1, -0.05) is 13.8 Å². The van der Waals surface area contributed by atoms with Crippen LogP contribution in [0.1, 0.15) is 30.9 Å². The molecule has 0 aliphatic rings. The summed E-state index contributed by atoms with van der Waals surface area (Å²) in [6.07, 6.45) is 0. The largest absolute Gasteiger partial charge is 0.494 e. The van der Waals surface area contributed by atoms with Gasteiger partial charge in [-0.25, -0.2) is 0 Å². The van der Waals surface area contributed by atoms with Crippen molar-refractivity contribution in [3.8, 4) is 5.88 Å². The van der Waals surface area contributed by atoms with Crippen LogP contribution < -0.4 is 5.56 Å². The molecule has 0 bridgehead atoms. The van der Waals surface area contributed by atoms with Crippen LogP contribution in [-0.2, 0) is 0 Å². The van der Waals surface area contributed by atoms with Crippen LogP contribution in [0.5, 0.6) is 5.88 Å². The molecule has 0 aliphatic heterocycles. The molecule has 0 aromatic carbocycles. The fraction of sp³-hybridized carbons (Fsp3) is 0.444. The summed E-state index contributed by atoms with van der Waals surface area (Å²) >= 11 is 0. The second-order valence-corrected chi connectivity index (χ2v) is 3.24. The smallest absolute Gasteiger partial charge is 0.254 e. The summed E-state index contributed by atoms with van der Waals surface area (Å²) in [7, 11) is 0. The lowest BCUT2D eigenvalue weighted by molar-refractivity contribution is 0.446. The summed E-state index contributed by atoms with van der Waals surface area (Å²) in [5.74, 6) is 0.150. The predicted molar refractivity (Wildman–Crippen MR) is 47.6 cm³/mol. The van der Waals surface area contributed by atoms with Gasteiger partial charge in [-0.05, 0) is 18.9 Å². The maximum Gasteiger partial charge on any atom is 0.254 e. The Morgan fingerprint density at radius 3 is 2.58 bits per heavy atom. The number of rotatable bonds is 1. The van der Waals surface area contributed by atoms with Crippen LogP contribution in [0.4, 0.5) is 0 Å². The van der Waals surface area contributed by atoms with E-state index in [0.717, 1.165) is 0 Å². The lowest BCUT2D eigenvalue weighted by atomic mass is 10.0. The highest BCUT2D eigenvalue weighted by Crippen LogP contribution is 2.15. The average Bonchev–Trinajstić information content (AvgIpc) is 1.96. The maximum atomic E-state index is 11.2. The zero-order valence-electron chi connectivity index (χ0n) is 7.51. The van der Waals surface area contributed by atoms with Crippen LogP contribution in [0.3, 0.4) is 0 Å². The van der Waals surface area contributed by atoms with Crippen molar-refractivity contribution in [3.63, 3.8) is 0 Å². The third-order valence-electron chi connectivity index (χ3n) is 1.86. The highest BCUT2D eigenvalue weighted by atomic mass is 16.3. The Kier molecular flexibility index (Phi) is 2.22. The van der Waals surface area contributed by atoms with Crippen LogP contribution in [0, 0.1) is 6.92 Å². The Balaban J connectivity index is 3.33. The Morgan fingerprint density at radius 2 is 2.08 bits per heavy atom. The van der Waals surface area contributed by atoms with Crippen LogP contribution in [0.15, 0.2) is 10.9 Å². The first kappa shape index (κ1) is 8.84. The standard InChI is InChI=1S/C9H13NO2/c1-5(2)7-4-6(3)8(11)10-9(7)12/h4-5H,1-3H3,(H2,10,11,12). The number of aromatic hydroxyl groups is 1. The van der Waals surface area contributed by atoms with E-state index >= 15 is 0 Å². The minimum Gasteiger partial charge on any atom is -0.494 e. The fourth-order valence-electron chi connectivity index (χ4n) is 1.07. The molecular formula is C9H13NO2. The molecule has 1 aromatic rings. The maximum absolute atomic E-state index is 11.2. The molecule has 0 radical (unpaired) electrons. The van der Waals surface area contributed by atoms with Crippen molar-refractivity contribution in [3.05, 3.63) is 27.5 Å². The molecule has 0 amide bonds. The zero-order chi connectivity index (χ0) is 9.30. The van der Waals surface area contributed by atoms with E-state index in [0.29, 0.717) is 11.1 Å². The van der Waals surface area contributed by atoms with Crippen LogP contribution >= 0.6 is 0 Å². The molecule has 0 fully saturated rings. The number of hydrogen-bond donors (Lipinski definition) is 2. The number of nitrogens with one attached hydrogen (secondary N) is 1. The summed E-state index contributed by atoms with van der Waals surface area (Å²) in [5.41, 5.74) is 1.22. The van der Waals surface area contributed by atoms with Gasteiger partial charge in [-0.2, -0.15) is 0 Å². The number of pyridine rings is 1. The first-order valence-corrected chi connectivity index (χ1v) is 3.95. The van der Waals surface area contributed by atoms with E-state index in [2.05, 4.69) is 4.98 Å². The van der Waals surface area contributed by atoms with Gasteiger partial charge in [-0.15, -0.1) is 0 Å². The molecule has 0 aliphatic carbocycles. The molecular weight excluding hydrogens is 154 g/mol. The highest BCUT2D eigenvalue weighted by molar-refractivity contribution is 5.28. The van der Waals surface area contributed by atoms with Gasteiger partial charge < -0.3 is 5.11 Å². The molecule has 1 aromatic heterocycles. The molecule has 3 heteroatoms. The molecule has 0 atom stereocenters. The number of hydrogen-bond acceptors (Lipinski definition) is 2. The molecule has 12 heavy (non-hydrogen) atoms. The van der Waals surface area contributed by atoms with Gasteiger partial charge in [-0.3, -0.25) is 9.78 Å². The van der Waals surface area contributed by atoms with Gasteiger partial charge in [0.1, 0.15) is 0 Å². The van der Waals surface area contributed by atoms with Crippen molar-refractivity contribution in [2.45, 2.75) is 26.7 Å². The monoisotopic (exact) mass is 167 g/mol. The van der Waals surface area contributed by atoms with E-state index in [1.54, 1.807) is 13.0 Å². The summed E-state index contributed by atoms with van der Waals surface area (Å²) in [6, 6.07) is 1.72. The molecule has 1 rings (SSSR count). The highest BCUT2D eigenvalue weighted by Gasteiger charge is 2.07. The molecule has 0 saturated heterocycles. The van der Waals surface area contributed by atoms with Gasteiger partial charge in [0.15, 0.2) is 5.88 Å². The Labute approximate surface area is 71.1 Å². The van der Waals surface area contributed by atoms with Gasteiger partial charge >= 0.3 is 0 Å². The number of aromatic nitrogens is 1. The van der Waals surface area contributed by atoms with E-state index < -0.39 is 0 Å². The molecule has 0 unspecified atom stereocenters. The van der Waals surface area contributed by atoms with E-state index in [1.165, 1.54) is 0 Å². The minimum absolute atomic E-state index is 0.0376. The average molecular weight is 167 g/mol. The second-order valence-electron chi connectivity index (χ2n) is 3.24. The number of aryl methyl sites for hydroxylation is 1.